The van der Waals surface area contributed by atoms with Gasteiger partial charge in [-0.2, -0.15) is 5.10 Å². The minimum atomic E-state index is -0.327. The van der Waals surface area contributed by atoms with Gasteiger partial charge in [-0.3, -0.25) is 4.79 Å². The zero-order valence-corrected chi connectivity index (χ0v) is 16.1. The molecule has 0 aliphatic heterocycles. The Morgan fingerprint density at radius 2 is 1.96 bits per heavy atom. The highest BCUT2D eigenvalue weighted by molar-refractivity contribution is 5.85. The molecule has 0 saturated heterocycles. The van der Waals surface area contributed by atoms with Gasteiger partial charge in [0.15, 0.2) is 6.61 Å². The van der Waals surface area contributed by atoms with Gasteiger partial charge in [0, 0.05) is 5.56 Å². The van der Waals surface area contributed by atoms with Gasteiger partial charge in [0.1, 0.15) is 18.1 Å². The summed E-state index contributed by atoms with van der Waals surface area (Å²) in [6.07, 6.45) is 3.21. The van der Waals surface area contributed by atoms with E-state index >= 15 is 0 Å². The number of amides is 1. The molecule has 142 valence electrons. The van der Waals surface area contributed by atoms with E-state index in [-0.39, 0.29) is 12.5 Å². The minimum absolute atomic E-state index is 0.102. The Labute approximate surface area is 160 Å². The number of nitrogens with zero attached hydrogens (tertiary/aromatic N) is 1. The van der Waals surface area contributed by atoms with E-state index in [1.165, 1.54) is 0 Å². The second-order valence-corrected chi connectivity index (χ2v) is 6.42. The molecule has 0 aromatic heterocycles. The fourth-order valence-corrected chi connectivity index (χ4v) is 2.46. The summed E-state index contributed by atoms with van der Waals surface area (Å²) in [5.41, 5.74) is 5.40. The summed E-state index contributed by atoms with van der Waals surface area (Å²) < 4.78 is 11.2. The second kappa shape index (κ2) is 10.2. The summed E-state index contributed by atoms with van der Waals surface area (Å²) in [5.74, 6) is 1.39. The van der Waals surface area contributed by atoms with E-state index in [0.29, 0.717) is 18.3 Å². The number of para-hydroxylation sites is 1. The van der Waals surface area contributed by atoms with E-state index in [1.807, 2.05) is 49.4 Å². The number of aryl methyl sites for hydroxylation is 1. The third-order valence-corrected chi connectivity index (χ3v) is 3.82. The second-order valence-electron chi connectivity index (χ2n) is 6.42. The smallest absolute Gasteiger partial charge is 0.277 e. The van der Waals surface area contributed by atoms with Crippen LogP contribution in [0.25, 0.3) is 0 Å². The van der Waals surface area contributed by atoms with Crippen LogP contribution in [0.1, 0.15) is 36.5 Å². The molecule has 0 bridgehead atoms. The Morgan fingerprint density at radius 1 is 1.19 bits per heavy atom. The summed E-state index contributed by atoms with van der Waals surface area (Å²) in [6, 6.07) is 13.4. The maximum atomic E-state index is 12.0. The van der Waals surface area contributed by atoms with Gasteiger partial charge in [-0.1, -0.05) is 50.8 Å². The average molecular weight is 366 g/mol. The molecule has 1 N–H and O–H groups in total. The lowest BCUT2D eigenvalue weighted by molar-refractivity contribution is -0.123. The lowest BCUT2D eigenvalue weighted by Gasteiger charge is -2.14. The normalized spacial score (nSPS) is 10.8. The summed E-state index contributed by atoms with van der Waals surface area (Å²) in [6.45, 7) is 10.1. The number of benzene rings is 2. The fraction of sp³-hybridized carbons (Fsp3) is 0.273. The molecule has 5 nitrogen and oxygen atoms in total. The van der Waals surface area contributed by atoms with Crippen molar-refractivity contribution in [3.05, 3.63) is 71.8 Å². The standard InChI is InChI=1S/C22H26N2O3/c1-5-12-26-20-9-7-6-8-18(20)14-23-24-22(25)15-27-21-13-17(4)10-11-19(21)16(2)3/h5-11,13-14,16H,1,12,15H2,2-4H3,(H,24,25). The minimum Gasteiger partial charge on any atom is -0.489 e. The fourth-order valence-electron chi connectivity index (χ4n) is 2.46. The number of hydrazone groups is 1. The van der Waals surface area contributed by atoms with Crippen LogP contribution >= 0.6 is 0 Å². The number of carbonyl (C=O) groups excluding carboxylic acids is 1. The lowest BCUT2D eigenvalue weighted by Crippen LogP contribution is -2.25. The molecule has 0 aliphatic rings. The third-order valence-electron chi connectivity index (χ3n) is 3.82. The first kappa shape index (κ1) is 20.2. The van der Waals surface area contributed by atoms with Crippen molar-refractivity contribution in [2.24, 2.45) is 5.10 Å². The maximum absolute atomic E-state index is 12.0. The van der Waals surface area contributed by atoms with E-state index in [4.69, 9.17) is 9.47 Å². The van der Waals surface area contributed by atoms with Gasteiger partial charge >= 0.3 is 0 Å². The van der Waals surface area contributed by atoms with Crippen LogP contribution in [0.15, 0.2) is 60.2 Å². The Balaban J connectivity index is 1.93. The first-order valence-corrected chi connectivity index (χ1v) is 8.89. The van der Waals surface area contributed by atoms with E-state index in [2.05, 4.69) is 31.0 Å². The number of hydrogen-bond acceptors (Lipinski definition) is 4. The van der Waals surface area contributed by atoms with Crippen LogP contribution in [-0.4, -0.2) is 25.3 Å². The molecule has 5 heteroatoms. The van der Waals surface area contributed by atoms with E-state index in [0.717, 1.165) is 22.4 Å². The van der Waals surface area contributed by atoms with Crippen molar-refractivity contribution in [2.45, 2.75) is 26.7 Å². The Morgan fingerprint density at radius 3 is 2.70 bits per heavy atom. The van der Waals surface area contributed by atoms with Crippen molar-refractivity contribution in [3.63, 3.8) is 0 Å². The molecule has 1 amide bonds. The quantitative estimate of drug-likeness (QED) is 0.411. The van der Waals surface area contributed by atoms with Crippen molar-refractivity contribution < 1.29 is 14.3 Å². The van der Waals surface area contributed by atoms with Crippen LogP contribution in [0.4, 0.5) is 0 Å². The molecule has 2 rings (SSSR count). The summed E-state index contributed by atoms with van der Waals surface area (Å²) >= 11 is 0. The number of nitrogens with one attached hydrogen (secondary N) is 1. The Bertz CT molecular complexity index is 813. The topological polar surface area (TPSA) is 59.9 Å². The molecule has 0 fully saturated rings. The highest BCUT2D eigenvalue weighted by Crippen LogP contribution is 2.27. The van der Waals surface area contributed by atoms with Crippen molar-refractivity contribution in [2.75, 3.05) is 13.2 Å². The zero-order chi connectivity index (χ0) is 19.6. The molecular formula is C22H26N2O3. The average Bonchev–Trinajstić information content (AvgIpc) is 2.65. The number of hydrogen-bond donors (Lipinski definition) is 1. The SMILES string of the molecule is C=CCOc1ccccc1C=NNC(=O)COc1cc(C)ccc1C(C)C. The van der Waals surface area contributed by atoms with Gasteiger partial charge in [0.05, 0.1) is 6.21 Å². The van der Waals surface area contributed by atoms with Gasteiger partial charge in [-0.05, 0) is 42.2 Å². The zero-order valence-electron chi connectivity index (χ0n) is 16.1. The van der Waals surface area contributed by atoms with Crippen LogP contribution in [0, 0.1) is 6.92 Å². The molecule has 0 radical (unpaired) electrons. The number of ether oxygens (including phenoxy) is 2. The van der Waals surface area contributed by atoms with Gasteiger partial charge in [0.25, 0.3) is 5.91 Å². The van der Waals surface area contributed by atoms with Gasteiger partial charge in [0.2, 0.25) is 0 Å². The van der Waals surface area contributed by atoms with Gasteiger partial charge in [-0.15, -0.1) is 0 Å². The van der Waals surface area contributed by atoms with Crippen molar-refractivity contribution >= 4 is 12.1 Å². The first-order chi connectivity index (χ1) is 13.0. The van der Waals surface area contributed by atoms with E-state index < -0.39 is 0 Å². The monoisotopic (exact) mass is 366 g/mol. The lowest BCUT2D eigenvalue weighted by atomic mass is 10.0. The van der Waals surface area contributed by atoms with Crippen LogP contribution in [0.3, 0.4) is 0 Å². The predicted molar refractivity (Wildman–Crippen MR) is 109 cm³/mol. The molecule has 2 aromatic carbocycles. The van der Waals surface area contributed by atoms with E-state index in [1.54, 1.807) is 12.3 Å². The maximum Gasteiger partial charge on any atom is 0.277 e. The van der Waals surface area contributed by atoms with Crippen molar-refractivity contribution in [1.29, 1.82) is 0 Å². The highest BCUT2D eigenvalue weighted by atomic mass is 16.5. The predicted octanol–water partition coefficient (Wildman–Crippen LogP) is 4.21. The largest absolute Gasteiger partial charge is 0.489 e. The molecule has 0 saturated carbocycles. The van der Waals surface area contributed by atoms with Crippen LogP contribution < -0.4 is 14.9 Å². The summed E-state index contributed by atoms with van der Waals surface area (Å²) in [7, 11) is 0. The molecule has 27 heavy (non-hydrogen) atoms. The third kappa shape index (κ3) is 6.29. The van der Waals surface area contributed by atoms with Crippen molar-refractivity contribution in [3.8, 4) is 11.5 Å². The number of carbonyl (C=O) groups is 1. The molecule has 0 aliphatic carbocycles. The van der Waals surface area contributed by atoms with E-state index in [9.17, 15) is 4.79 Å². The Kier molecular flexibility index (Phi) is 7.62. The van der Waals surface area contributed by atoms with Crippen LogP contribution in [0.2, 0.25) is 0 Å². The molecule has 0 heterocycles. The van der Waals surface area contributed by atoms with Gasteiger partial charge < -0.3 is 9.47 Å². The van der Waals surface area contributed by atoms with Gasteiger partial charge in [-0.25, -0.2) is 5.43 Å². The molecular weight excluding hydrogens is 340 g/mol. The molecule has 2 aromatic rings. The summed E-state index contributed by atoms with van der Waals surface area (Å²) in [4.78, 5) is 12.0. The summed E-state index contributed by atoms with van der Waals surface area (Å²) in [5, 5.41) is 3.99. The first-order valence-electron chi connectivity index (χ1n) is 8.89. The molecule has 0 spiro atoms. The number of rotatable bonds is 9. The highest BCUT2D eigenvalue weighted by Gasteiger charge is 2.10. The Hall–Kier alpha value is -3.08. The van der Waals surface area contributed by atoms with Crippen molar-refractivity contribution in [1.82, 2.24) is 5.43 Å². The molecule has 0 atom stereocenters. The van der Waals surface area contributed by atoms with Crippen LogP contribution in [-0.2, 0) is 4.79 Å². The molecule has 0 unspecified atom stereocenters. The van der Waals surface area contributed by atoms with Crippen LogP contribution in [0.5, 0.6) is 11.5 Å².